The van der Waals surface area contributed by atoms with Gasteiger partial charge >= 0.3 is 0 Å². The summed E-state index contributed by atoms with van der Waals surface area (Å²) in [6, 6.07) is 0. The molecular weight excluding hydrogens is 212 g/mol. The highest BCUT2D eigenvalue weighted by Gasteiger charge is 2.70. The van der Waals surface area contributed by atoms with Crippen molar-refractivity contribution in [2.75, 3.05) is 13.2 Å². The van der Waals surface area contributed by atoms with Crippen molar-refractivity contribution in [3.05, 3.63) is 0 Å². The van der Waals surface area contributed by atoms with Crippen LogP contribution in [0, 0.1) is 28.6 Å². The second kappa shape index (κ2) is 3.27. The van der Waals surface area contributed by atoms with Crippen molar-refractivity contribution < 1.29 is 9.47 Å². The lowest BCUT2D eigenvalue weighted by Gasteiger charge is -2.49. The Kier molecular flexibility index (Phi) is 2.30. The van der Waals surface area contributed by atoms with Gasteiger partial charge in [0.05, 0.1) is 13.2 Å². The summed E-state index contributed by atoms with van der Waals surface area (Å²) in [5.41, 5.74) is 0.806. The monoisotopic (exact) mass is 238 g/mol. The third kappa shape index (κ3) is 1.53. The average Bonchev–Trinajstić information content (AvgIpc) is 2.80. The summed E-state index contributed by atoms with van der Waals surface area (Å²) in [4.78, 5) is 0. The number of fused-ring (bicyclic) bond motifs is 2. The van der Waals surface area contributed by atoms with Gasteiger partial charge in [0.2, 0.25) is 0 Å². The standard InChI is InChI=1S/C15H26O2/c1-10-6-7-11-12(13(11,2)3)15(10)8-16-14(4,5)17-9-15/h10-12H,6-9H2,1-5H3. The molecule has 0 bridgehead atoms. The largest absolute Gasteiger partial charge is 0.350 e. The molecule has 1 saturated heterocycles. The fourth-order valence-electron chi connectivity index (χ4n) is 4.61. The minimum Gasteiger partial charge on any atom is -0.350 e. The summed E-state index contributed by atoms with van der Waals surface area (Å²) < 4.78 is 12.0. The lowest BCUT2D eigenvalue weighted by molar-refractivity contribution is -0.302. The van der Waals surface area contributed by atoms with Crippen LogP contribution < -0.4 is 0 Å². The van der Waals surface area contributed by atoms with E-state index in [0.29, 0.717) is 10.8 Å². The van der Waals surface area contributed by atoms with E-state index in [4.69, 9.17) is 9.47 Å². The van der Waals surface area contributed by atoms with Crippen LogP contribution >= 0.6 is 0 Å². The molecule has 2 nitrogen and oxygen atoms in total. The molecule has 0 N–H and O–H groups in total. The van der Waals surface area contributed by atoms with Crippen LogP contribution in [0.3, 0.4) is 0 Å². The van der Waals surface area contributed by atoms with Crippen molar-refractivity contribution in [3.63, 3.8) is 0 Å². The summed E-state index contributed by atoms with van der Waals surface area (Å²) in [7, 11) is 0. The number of hydrogen-bond acceptors (Lipinski definition) is 2. The highest BCUT2D eigenvalue weighted by Crippen LogP contribution is 2.73. The Labute approximate surface area is 105 Å². The van der Waals surface area contributed by atoms with Gasteiger partial charge in [-0.1, -0.05) is 20.8 Å². The van der Waals surface area contributed by atoms with E-state index < -0.39 is 0 Å². The smallest absolute Gasteiger partial charge is 0.162 e. The first-order valence-corrected chi connectivity index (χ1v) is 7.07. The number of ether oxygens (including phenoxy) is 2. The lowest BCUT2D eigenvalue weighted by atomic mass is 9.66. The highest BCUT2D eigenvalue weighted by molar-refractivity contribution is 5.17. The summed E-state index contributed by atoms with van der Waals surface area (Å²) in [6.45, 7) is 13.1. The molecule has 0 aromatic rings. The molecule has 3 aliphatic rings. The molecule has 3 rings (SSSR count). The van der Waals surface area contributed by atoms with Gasteiger partial charge in [-0.2, -0.15) is 0 Å². The fraction of sp³-hybridized carbons (Fsp3) is 1.00. The highest BCUT2D eigenvalue weighted by atomic mass is 16.7. The molecule has 1 heterocycles. The first-order valence-electron chi connectivity index (χ1n) is 7.07. The Balaban J connectivity index is 1.86. The Morgan fingerprint density at radius 1 is 0.941 bits per heavy atom. The zero-order valence-corrected chi connectivity index (χ0v) is 11.9. The van der Waals surface area contributed by atoms with Crippen LogP contribution in [0.15, 0.2) is 0 Å². The quantitative estimate of drug-likeness (QED) is 0.643. The van der Waals surface area contributed by atoms with Crippen molar-refractivity contribution in [2.24, 2.45) is 28.6 Å². The maximum atomic E-state index is 6.00. The van der Waals surface area contributed by atoms with E-state index in [1.165, 1.54) is 12.8 Å². The van der Waals surface area contributed by atoms with Crippen molar-refractivity contribution in [1.82, 2.24) is 0 Å². The minimum absolute atomic E-state index is 0.294. The molecule has 2 heteroatoms. The molecule has 98 valence electrons. The first kappa shape index (κ1) is 12.0. The van der Waals surface area contributed by atoms with Gasteiger partial charge in [-0.05, 0) is 49.9 Å². The van der Waals surface area contributed by atoms with Gasteiger partial charge in [-0.15, -0.1) is 0 Å². The molecule has 0 radical (unpaired) electrons. The van der Waals surface area contributed by atoms with Crippen LogP contribution in [0.2, 0.25) is 0 Å². The maximum absolute atomic E-state index is 6.00. The predicted molar refractivity (Wildman–Crippen MR) is 67.6 cm³/mol. The average molecular weight is 238 g/mol. The van der Waals surface area contributed by atoms with Gasteiger partial charge in [0.1, 0.15) is 0 Å². The Morgan fingerprint density at radius 3 is 2.12 bits per heavy atom. The fourth-order valence-corrected chi connectivity index (χ4v) is 4.61. The van der Waals surface area contributed by atoms with Crippen LogP contribution in [0.25, 0.3) is 0 Å². The lowest BCUT2D eigenvalue weighted by Crippen LogP contribution is -2.52. The van der Waals surface area contributed by atoms with Crippen LogP contribution in [0.4, 0.5) is 0 Å². The van der Waals surface area contributed by atoms with Crippen molar-refractivity contribution in [1.29, 1.82) is 0 Å². The van der Waals surface area contributed by atoms with E-state index in [-0.39, 0.29) is 5.79 Å². The predicted octanol–water partition coefficient (Wildman–Crippen LogP) is 3.46. The summed E-state index contributed by atoms with van der Waals surface area (Å²) in [5.74, 6) is 2.08. The summed E-state index contributed by atoms with van der Waals surface area (Å²) in [5, 5.41) is 0. The van der Waals surface area contributed by atoms with Gasteiger partial charge in [0, 0.05) is 5.41 Å². The van der Waals surface area contributed by atoms with Crippen molar-refractivity contribution in [2.45, 2.75) is 53.2 Å². The van der Waals surface area contributed by atoms with Gasteiger partial charge in [0.25, 0.3) is 0 Å². The molecule has 0 aromatic heterocycles. The molecule has 1 aliphatic heterocycles. The van der Waals surface area contributed by atoms with E-state index in [0.717, 1.165) is 31.0 Å². The van der Waals surface area contributed by atoms with Crippen LogP contribution in [0.1, 0.15) is 47.5 Å². The normalized spacial score (nSPS) is 45.4. The van der Waals surface area contributed by atoms with E-state index in [1.54, 1.807) is 0 Å². The van der Waals surface area contributed by atoms with Crippen LogP contribution in [0.5, 0.6) is 0 Å². The van der Waals surface area contributed by atoms with E-state index in [1.807, 2.05) is 13.8 Å². The molecule has 3 atom stereocenters. The zero-order valence-electron chi connectivity index (χ0n) is 11.9. The Hall–Kier alpha value is -0.0800. The molecule has 3 unspecified atom stereocenters. The van der Waals surface area contributed by atoms with E-state index in [9.17, 15) is 0 Å². The molecular formula is C15H26O2. The molecule has 0 amide bonds. The van der Waals surface area contributed by atoms with Crippen molar-refractivity contribution >= 4 is 0 Å². The molecule has 2 saturated carbocycles. The summed E-state index contributed by atoms with van der Waals surface area (Å²) in [6.07, 6.45) is 2.75. The third-order valence-corrected chi connectivity index (χ3v) is 5.94. The third-order valence-electron chi connectivity index (χ3n) is 5.94. The Bertz CT molecular complexity index is 322. The van der Waals surface area contributed by atoms with Gasteiger partial charge in [-0.25, -0.2) is 0 Å². The first-order chi connectivity index (χ1) is 7.80. The van der Waals surface area contributed by atoms with Gasteiger partial charge in [0.15, 0.2) is 5.79 Å². The van der Waals surface area contributed by atoms with Gasteiger partial charge in [-0.3, -0.25) is 0 Å². The van der Waals surface area contributed by atoms with E-state index in [2.05, 4.69) is 20.8 Å². The zero-order chi connectivity index (χ0) is 12.5. The van der Waals surface area contributed by atoms with E-state index >= 15 is 0 Å². The van der Waals surface area contributed by atoms with Crippen LogP contribution in [-0.2, 0) is 9.47 Å². The second-order valence-electron chi connectivity index (χ2n) is 7.59. The van der Waals surface area contributed by atoms with Crippen molar-refractivity contribution in [3.8, 4) is 0 Å². The summed E-state index contributed by atoms with van der Waals surface area (Å²) >= 11 is 0. The Morgan fingerprint density at radius 2 is 1.53 bits per heavy atom. The molecule has 3 fully saturated rings. The minimum atomic E-state index is -0.378. The molecule has 2 aliphatic carbocycles. The maximum Gasteiger partial charge on any atom is 0.162 e. The number of rotatable bonds is 0. The SMILES string of the molecule is CC1CCC2C(C2(C)C)C12COC(C)(C)OC2. The molecule has 17 heavy (non-hydrogen) atoms. The topological polar surface area (TPSA) is 18.5 Å². The molecule has 0 aromatic carbocycles. The molecule has 1 spiro atoms. The number of hydrogen-bond donors (Lipinski definition) is 0. The van der Waals surface area contributed by atoms with Crippen LogP contribution in [-0.4, -0.2) is 19.0 Å². The van der Waals surface area contributed by atoms with Gasteiger partial charge < -0.3 is 9.47 Å². The second-order valence-corrected chi connectivity index (χ2v) is 7.59.